The number of hydrogen-bond donors (Lipinski definition) is 0. The molecule has 0 aliphatic rings. The summed E-state index contributed by atoms with van der Waals surface area (Å²) in [6.07, 6.45) is 7.02. The molecule has 0 aromatic carbocycles. The molecule has 0 aliphatic carbocycles. The van der Waals surface area contributed by atoms with E-state index in [9.17, 15) is 4.79 Å². The predicted octanol–water partition coefficient (Wildman–Crippen LogP) is 4.70. The van der Waals surface area contributed by atoms with Crippen molar-refractivity contribution < 1.29 is 0 Å². The fourth-order valence-electron chi connectivity index (χ4n) is 2.30. The Morgan fingerprint density at radius 3 is 2.83 bits per heavy atom. The van der Waals surface area contributed by atoms with E-state index >= 15 is 0 Å². The normalized spacial score (nSPS) is 11.5. The molecule has 24 heavy (non-hydrogen) atoms. The predicted molar refractivity (Wildman–Crippen MR) is 101 cm³/mol. The largest absolute Gasteiger partial charge is 0.278 e. The fraction of sp³-hybridized carbons (Fsp3) is 0. The SMILES string of the molecule is O=c1c(Cl)c(C=Cc2cccnc2)nc2scc(-c3cccs3)n12. The van der Waals surface area contributed by atoms with Gasteiger partial charge in [0, 0.05) is 17.8 Å². The molecule has 0 N–H and O–H groups in total. The highest BCUT2D eigenvalue weighted by Gasteiger charge is 2.15. The quantitative estimate of drug-likeness (QED) is 0.524. The van der Waals surface area contributed by atoms with E-state index in [1.165, 1.54) is 11.3 Å². The lowest BCUT2D eigenvalue weighted by Crippen LogP contribution is -2.16. The smallest absolute Gasteiger partial charge is 0.267 e. The van der Waals surface area contributed by atoms with Crippen LogP contribution in [0.4, 0.5) is 0 Å². The Hall–Kier alpha value is -2.28. The number of rotatable bonds is 3. The summed E-state index contributed by atoms with van der Waals surface area (Å²) in [5.41, 5.74) is 1.95. The Labute approximate surface area is 150 Å². The lowest BCUT2D eigenvalue weighted by atomic mass is 10.2. The Morgan fingerprint density at radius 2 is 2.08 bits per heavy atom. The van der Waals surface area contributed by atoms with Crippen LogP contribution < -0.4 is 5.56 Å². The van der Waals surface area contributed by atoms with Gasteiger partial charge in [0.05, 0.1) is 16.3 Å². The van der Waals surface area contributed by atoms with Gasteiger partial charge in [-0.25, -0.2) is 9.38 Å². The second-order valence-electron chi connectivity index (χ2n) is 4.95. The van der Waals surface area contributed by atoms with Crippen molar-refractivity contribution >= 4 is 51.4 Å². The van der Waals surface area contributed by atoms with Crippen LogP contribution in [-0.2, 0) is 0 Å². The number of thiophene rings is 1. The molecule has 4 heterocycles. The molecule has 4 nitrogen and oxygen atoms in total. The third-order valence-corrected chi connectivity index (χ3v) is 5.51. The number of fused-ring (bicyclic) bond motifs is 1. The van der Waals surface area contributed by atoms with E-state index < -0.39 is 0 Å². The summed E-state index contributed by atoms with van der Waals surface area (Å²) >= 11 is 9.28. The highest BCUT2D eigenvalue weighted by atomic mass is 35.5. The zero-order chi connectivity index (χ0) is 16.5. The van der Waals surface area contributed by atoms with Crippen molar-refractivity contribution in [1.29, 1.82) is 0 Å². The summed E-state index contributed by atoms with van der Waals surface area (Å²) in [7, 11) is 0. The van der Waals surface area contributed by atoms with E-state index in [2.05, 4.69) is 9.97 Å². The van der Waals surface area contributed by atoms with Gasteiger partial charge in [0.25, 0.3) is 5.56 Å². The molecule has 0 fully saturated rings. The van der Waals surface area contributed by atoms with Gasteiger partial charge in [-0.1, -0.05) is 29.8 Å². The van der Waals surface area contributed by atoms with Crippen molar-refractivity contribution in [3.63, 3.8) is 0 Å². The van der Waals surface area contributed by atoms with Gasteiger partial charge in [-0.3, -0.25) is 9.78 Å². The van der Waals surface area contributed by atoms with Gasteiger partial charge in [-0.15, -0.1) is 22.7 Å². The van der Waals surface area contributed by atoms with Crippen LogP contribution in [-0.4, -0.2) is 14.4 Å². The number of pyridine rings is 1. The molecule has 4 aromatic heterocycles. The molecule has 0 saturated heterocycles. The Bertz CT molecular complexity index is 1080. The standard InChI is InChI=1S/C17H10ClN3OS2/c18-15-12(6-5-11-3-1-7-19-9-11)20-17-21(16(15)22)13(10-24-17)14-4-2-8-23-14/h1-10H. The van der Waals surface area contributed by atoms with Crippen LogP contribution in [0.5, 0.6) is 0 Å². The maximum Gasteiger partial charge on any atom is 0.278 e. The van der Waals surface area contributed by atoms with Crippen LogP contribution >= 0.6 is 34.3 Å². The monoisotopic (exact) mass is 371 g/mol. The van der Waals surface area contributed by atoms with Crippen LogP contribution in [0.2, 0.25) is 5.02 Å². The van der Waals surface area contributed by atoms with Crippen LogP contribution in [0.1, 0.15) is 11.3 Å². The first-order chi connectivity index (χ1) is 11.7. The molecule has 0 atom stereocenters. The Kier molecular flexibility index (Phi) is 4.02. The molecule has 0 saturated carbocycles. The molecular formula is C17H10ClN3OS2. The average Bonchev–Trinajstić information content (AvgIpc) is 3.27. The maximum absolute atomic E-state index is 12.7. The second-order valence-corrected chi connectivity index (χ2v) is 7.11. The molecule has 0 bridgehead atoms. The molecule has 0 radical (unpaired) electrons. The number of hydrogen-bond acceptors (Lipinski definition) is 5. The Balaban J connectivity index is 1.84. The topological polar surface area (TPSA) is 47.3 Å². The molecule has 4 aromatic rings. The van der Waals surface area contributed by atoms with Crippen LogP contribution in [0.25, 0.3) is 27.7 Å². The van der Waals surface area contributed by atoms with E-state index in [0.29, 0.717) is 10.7 Å². The van der Waals surface area contributed by atoms with Gasteiger partial charge in [0.1, 0.15) is 5.02 Å². The summed E-state index contributed by atoms with van der Waals surface area (Å²) < 4.78 is 1.57. The van der Waals surface area contributed by atoms with Gasteiger partial charge in [0.15, 0.2) is 4.96 Å². The summed E-state index contributed by atoms with van der Waals surface area (Å²) in [5.74, 6) is 0. The molecule has 118 valence electrons. The van der Waals surface area contributed by atoms with E-state index in [1.54, 1.807) is 34.2 Å². The lowest BCUT2D eigenvalue weighted by molar-refractivity contribution is 1.08. The zero-order valence-electron chi connectivity index (χ0n) is 12.2. The van der Waals surface area contributed by atoms with Gasteiger partial charge >= 0.3 is 0 Å². The van der Waals surface area contributed by atoms with E-state index in [4.69, 9.17) is 11.6 Å². The van der Waals surface area contributed by atoms with Gasteiger partial charge in [-0.05, 0) is 29.2 Å². The summed E-state index contributed by atoms with van der Waals surface area (Å²) in [6.45, 7) is 0. The minimum atomic E-state index is -0.253. The highest BCUT2D eigenvalue weighted by Crippen LogP contribution is 2.29. The average molecular weight is 372 g/mol. The van der Waals surface area contributed by atoms with Crippen molar-refractivity contribution in [3.8, 4) is 10.6 Å². The third-order valence-electron chi connectivity index (χ3n) is 3.43. The van der Waals surface area contributed by atoms with Crippen LogP contribution in [0, 0.1) is 0 Å². The number of nitrogens with zero attached hydrogens (tertiary/aromatic N) is 3. The van der Waals surface area contributed by atoms with Gasteiger partial charge in [0.2, 0.25) is 0 Å². The number of thiazole rings is 1. The minimum absolute atomic E-state index is 0.115. The number of aromatic nitrogens is 3. The fourth-order valence-corrected chi connectivity index (χ4v) is 4.19. The molecule has 0 amide bonds. The molecule has 0 unspecified atom stereocenters. The second kappa shape index (κ2) is 6.32. The first-order valence-electron chi connectivity index (χ1n) is 7.06. The van der Waals surface area contributed by atoms with Gasteiger partial charge < -0.3 is 0 Å². The Morgan fingerprint density at radius 1 is 1.17 bits per heavy atom. The van der Waals surface area contributed by atoms with Crippen LogP contribution in [0.3, 0.4) is 0 Å². The first kappa shape index (κ1) is 15.3. The summed E-state index contributed by atoms with van der Waals surface area (Å²) in [5, 5.41) is 4.02. The summed E-state index contributed by atoms with van der Waals surface area (Å²) in [4.78, 5) is 22.9. The van der Waals surface area contributed by atoms with Crippen molar-refractivity contribution in [2.75, 3.05) is 0 Å². The van der Waals surface area contributed by atoms with Crippen molar-refractivity contribution in [1.82, 2.24) is 14.4 Å². The van der Waals surface area contributed by atoms with E-state index in [0.717, 1.165) is 16.1 Å². The van der Waals surface area contributed by atoms with E-state index in [-0.39, 0.29) is 10.6 Å². The van der Waals surface area contributed by atoms with E-state index in [1.807, 2.05) is 41.1 Å². The molecule has 0 spiro atoms. The summed E-state index contributed by atoms with van der Waals surface area (Å²) in [6, 6.07) is 7.69. The zero-order valence-corrected chi connectivity index (χ0v) is 14.6. The third kappa shape index (κ3) is 2.69. The maximum atomic E-state index is 12.7. The van der Waals surface area contributed by atoms with Crippen molar-refractivity contribution in [2.45, 2.75) is 0 Å². The lowest BCUT2D eigenvalue weighted by Gasteiger charge is -2.02. The van der Waals surface area contributed by atoms with Crippen molar-refractivity contribution in [2.24, 2.45) is 0 Å². The molecular weight excluding hydrogens is 362 g/mol. The number of halogens is 1. The molecule has 0 aliphatic heterocycles. The minimum Gasteiger partial charge on any atom is -0.267 e. The van der Waals surface area contributed by atoms with Gasteiger partial charge in [-0.2, -0.15) is 0 Å². The molecule has 4 rings (SSSR count). The highest BCUT2D eigenvalue weighted by molar-refractivity contribution is 7.16. The van der Waals surface area contributed by atoms with Crippen LogP contribution in [0.15, 0.2) is 52.2 Å². The van der Waals surface area contributed by atoms with Crippen molar-refractivity contribution in [3.05, 3.63) is 74.1 Å². The first-order valence-corrected chi connectivity index (χ1v) is 9.19. The molecule has 7 heteroatoms.